The second-order valence-corrected chi connectivity index (χ2v) is 4.02. The van der Waals surface area contributed by atoms with Crippen LogP contribution in [-0.4, -0.2) is 35.8 Å². The lowest BCUT2D eigenvalue weighted by molar-refractivity contribution is -0.128. The van der Waals surface area contributed by atoms with Crippen LogP contribution in [0.25, 0.3) is 0 Å². The molecule has 17 heavy (non-hydrogen) atoms. The Hall–Kier alpha value is -1.39. The summed E-state index contributed by atoms with van der Waals surface area (Å²) in [6.45, 7) is 1.02. The maximum absolute atomic E-state index is 11.4. The maximum Gasteiger partial charge on any atom is 0.164 e. The molecule has 1 aromatic carbocycles. The minimum Gasteiger partial charge on any atom is -0.497 e. The number of hydrogen-bond donors (Lipinski definition) is 2. The third-order valence-corrected chi connectivity index (χ3v) is 2.77. The maximum atomic E-state index is 11.4. The molecule has 0 saturated carbocycles. The number of Topliss-reactive ketones (excluding diaryl/α,β-unsaturated/α-hetero) is 1. The Kier molecular flexibility index (Phi) is 5.12. The summed E-state index contributed by atoms with van der Waals surface area (Å²) in [4.78, 5) is 11.4. The van der Waals surface area contributed by atoms with Crippen LogP contribution >= 0.6 is 0 Å². The molecule has 1 rings (SSSR count). The van der Waals surface area contributed by atoms with Crippen LogP contribution < -0.4 is 4.74 Å². The van der Waals surface area contributed by atoms with Crippen LogP contribution in [0.3, 0.4) is 0 Å². The topological polar surface area (TPSA) is 66.8 Å². The Bertz CT molecular complexity index is 356. The first-order valence-corrected chi connectivity index (χ1v) is 5.53. The number of rotatable bonds is 6. The van der Waals surface area contributed by atoms with Gasteiger partial charge < -0.3 is 14.9 Å². The normalized spacial score (nSPS) is 14.1. The van der Waals surface area contributed by atoms with Crippen LogP contribution in [0.5, 0.6) is 5.75 Å². The number of carbonyl (C=O) groups is 1. The molecule has 0 bridgehead atoms. The first-order valence-electron chi connectivity index (χ1n) is 5.53. The highest BCUT2D eigenvalue weighted by Crippen LogP contribution is 2.17. The van der Waals surface area contributed by atoms with Crippen molar-refractivity contribution in [2.45, 2.75) is 19.4 Å². The minimum absolute atomic E-state index is 0.337. The lowest BCUT2D eigenvalue weighted by atomic mass is 9.91. The molecule has 4 nitrogen and oxygen atoms in total. The SMILES string of the molecule is COc1ccc(C[C@H](C(=O)CO)[C@H](C)O)cc1. The Balaban J connectivity index is 2.75. The van der Waals surface area contributed by atoms with Gasteiger partial charge in [-0.1, -0.05) is 12.1 Å². The van der Waals surface area contributed by atoms with E-state index in [1.807, 2.05) is 12.1 Å². The van der Waals surface area contributed by atoms with Gasteiger partial charge in [0.05, 0.1) is 13.2 Å². The number of benzene rings is 1. The molecule has 0 spiro atoms. The largest absolute Gasteiger partial charge is 0.497 e. The molecule has 0 aromatic heterocycles. The van der Waals surface area contributed by atoms with Crippen LogP contribution in [0.4, 0.5) is 0 Å². The van der Waals surface area contributed by atoms with E-state index >= 15 is 0 Å². The Morgan fingerprint density at radius 2 is 1.94 bits per heavy atom. The summed E-state index contributed by atoms with van der Waals surface area (Å²) in [7, 11) is 1.59. The van der Waals surface area contributed by atoms with Gasteiger partial charge in [-0.15, -0.1) is 0 Å². The van der Waals surface area contributed by atoms with Crippen LogP contribution in [0.1, 0.15) is 12.5 Å². The number of aliphatic hydroxyl groups excluding tert-OH is 2. The molecule has 2 N–H and O–H groups in total. The molecule has 0 aliphatic carbocycles. The van der Waals surface area contributed by atoms with Crippen molar-refractivity contribution in [1.29, 1.82) is 0 Å². The number of hydrogen-bond acceptors (Lipinski definition) is 4. The van der Waals surface area contributed by atoms with Crippen LogP contribution in [0.2, 0.25) is 0 Å². The van der Waals surface area contributed by atoms with E-state index in [2.05, 4.69) is 0 Å². The highest BCUT2D eigenvalue weighted by atomic mass is 16.5. The van der Waals surface area contributed by atoms with Gasteiger partial charge in [0.25, 0.3) is 0 Å². The molecular formula is C13H18O4. The van der Waals surface area contributed by atoms with Crippen molar-refractivity contribution in [3.63, 3.8) is 0 Å². The number of carbonyl (C=O) groups excluding carboxylic acids is 1. The fourth-order valence-electron chi connectivity index (χ4n) is 1.69. The first-order chi connectivity index (χ1) is 8.08. The summed E-state index contributed by atoms with van der Waals surface area (Å²) in [5.41, 5.74) is 0.929. The minimum atomic E-state index is -0.767. The van der Waals surface area contributed by atoms with Gasteiger partial charge in [-0.05, 0) is 31.0 Å². The van der Waals surface area contributed by atoms with Gasteiger partial charge in [-0.2, -0.15) is 0 Å². The van der Waals surface area contributed by atoms with Gasteiger partial charge in [0.15, 0.2) is 5.78 Å². The van der Waals surface area contributed by atoms with Crippen molar-refractivity contribution in [1.82, 2.24) is 0 Å². The average Bonchev–Trinajstić information content (AvgIpc) is 2.35. The zero-order valence-electron chi connectivity index (χ0n) is 10.1. The Labute approximate surface area is 101 Å². The molecule has 0 fully saturated rings. The molecule has 1 aromatic rings. The molecule has 0 aliphatic heterocycles. The second kappa shape index (κ2) is 6.37. The molecule has 94 valence electrons. The highest BCUT2D eigenvalue weighted by molar-refractivity contribution is 5.82. The summed E-state index contributed by atoms with van der Waals surface area (Å²) in [5.74, 6) is -0.153. The van der Waals surface area contributed by atoms with Gasteiger partial charge in [-0.3, -0.25) is 4.79 Å². The first kappa shape index (κ1) is 13.7. The standard InChI is InChI=1S/C13H18O4/c1-9(15)12(13(16)8-14)7-10-3-5-11(17-2)6-4-10/h3-6,9,12,14-15H,7-8H2,1-2H3/t9-,12-/m0/s1. The Morgan fingerprint density at radius 3 is 2.35 bits per heavy atom. The van der Waals surface area contributed by atoms with Gasteiger partial charge in [0.2, 0.25) is 0 Å². The molecule has 0 aliphatic rings. The summed E-state index contributed by atoms with van der Waals surface area (Å²) >= 11 is 0. The molecule has 0 saturated heterocycles. The molecule has 2 atom stereocenters. The van der Waals surface area contributed by atoms with Crippen molar-refractivity contribution in [3.8, 4) is 5.75 Å². The predicted octanol–water partition coefficient (Wildman–Crippen LogP) is 0.796. The molecule has 4 heteroatoms. The molecule has 0 radical (unpaired) electrons. The van der Waals surface area contributed by atoms with Crippen molar-refractivity contribution >= 4 is 5.78 Å². The van der Waals surface area contributed by atoms with E-state index in [4.69, 9.17) is 9.84 Å². The zero-order valence-corrected chi connectivity index (χ0v) is 10.1. The second-order valence-electron chi connectivity index (χ2n) is 4.02. The van der Waals surface area contributed by atoms with Crippen molar-refractivity contribution < 1.29 is 19.7 Å². The van der Waals surface area contributed by atoms with Gasteiger partial charge in [-0.25, -0.2) is 0 Å². The summed E-state index contributed by atoms with van der Waals surface area (Å²) < 4.78 is 5.03. The number of ketones is 1. The number of ether oxygens (including phenoxy) is 1. The van der Waals surface area contributed by atoms with Gasteiger partial charge in [0, 0.05) is 5.92 Å². The number of aliphatic hydroxyl groups is 2. The van der Waals surface area contributed by atoms with E-state index in [9.17, 15) is 9.90 Å². The van der Waals surface area contributed by atoms with E-state index in [1.54, 1.807) is 26.2 Å². The molecule has 0 heterocycles. The summed E-state index contributed by atoms with van der Waals surface area (Å²) in [5, 5.41) is 18.4. The Morgan fingerprint density at radius 1 is 1.35 bits per heavy atom. The lowest BCUT2D eigenvalue weighted by Gasteiger charge is -2.17. The van der Waals surface area contributed by atoms with Crippen molar-refractivity contribution in [2.75, 3.05) is 13.7 Å². The zero-order chi connectivity index (χ0) is 12.8. The van der Waals surface area contributed by atoms with Crippen LogP contribution in [-0.2, 0) is 11.2 Å². The fourth-order valence-corrected chi connectivity index (χ4v) is 1.69. The summed E-state index contributed by atoms with van der Waals surface area (Å²) in [6.07, 6.45) is -0.349. The van der Waals surface area contributed by atoms with Gasteiger partial charge >= 0.3 is 0 Å². The quantitative estimate of drug-likeness (QED) is 0.769. The molecule has 0 unspecified atom stereocenters. The van der Waals surface area contributed by atoms with E-state index in [0.717, 1.165) is 11.3 Å². The predicted molar refractivity (Wildman–Crippen MR) is 64.0 cm³/mol. The van der Waals surface area contributed by atoms with Crippen LogP contribution in [0, 0.1) is 5.92 Å². The van der Waals surface area contributed by atoms with E-state index < -0.39 is 18.6 Å². The monoisotopic (exact) mass is 238 g/mol. The highest BCUT2D eigenvalue weighted by Gasteiger charge is 2.22. The molecular weight excluding hydrogens is 220 g/mol. The third-order valence-electron chi connectivity index (χ3n) is 2.77. The third kappa shape index (κ3) is 3.84. The van der Waals surface area contributed by atoms with Crippen molar-refractivity contribution in [2.24, 2.45) is 5.92 Å². The van der Waals surface area contributed by atoms with E-state index in [-0.39, 0.29) is 5.78 Å². The number of methoxy groups -OCH3 is 1. The molecule has 0 amide bonds. The average molecular weight is 238 g/mol. The summed E-state index contributed by atoms with van der Waals surface area (Å²) in [6, 6.07) is 7.30. The van der Waals surface area contributed by atoms with Crippen LogP contribution in [0.15, 0.2) is 24.3 Å². The lowest BCUT2D eigenvalue weighted by Crippen LogP contribution is -2.30. The van der Waals surface area contributed by atoms with Crippen molar-refractivity contribution in [3.05, 3.63) is 29.8 Å². The van der Waals surface area contributed by atoms with E-state index in [1.165, 1.54) is 0 Å². The smallest absolute Gasteiger partial charge is 0.164 e. The van der Waals surface area contributed by atoms with E-state index in [0.29, 0.717) is 6.42 Å². The fraction of sp³-hybridized carbons (Fsp3) is 0.462. The van der Waals surface area contributed by atoms with Gasteiger partial charge in [0.1, 0.15) is 12.4 Å².